The molecular weight excluding hydrogens is 242 g/mol. The third kappa shape index (κ3) is 2.24. The summed E-state index contributed by atoms with van der Waals surface area (Å²) in [6.45, 7) is 0. The normalized spacial score (nSPS) is 10.9. The molecule has 9 nitrogen and oxygen atoms in total. The molecule has 0 saturated carbocycles. The number of hydrogen-bond donors (Lipinski definition) is 2. The summed E-state index contributed by atoms with van der Waals surface area (Å²) in [7, 11) is 0. The van der Waals surface area contributed by atoms with E-state index in [1.807, 2.05) is 0 Å². The summed E-state index contributed by atoms with van der Waals surface area (Å²) in [5.41, 5.74) is -0.923. The van der Waals surface area contributed by atoms with Crippen molar-refractivity contribution in [2.75, 3.05) is 0 Å². The maximum absolute atomic E-state index is 11.1. The van der Waals surface area contributed by atoms with Gasteiger partial charge in [-0.1, -0.05) is 0 Å². The molecule has 0 atom stereocenters. The molecule has 0 fully saturated rings. The Kier molecular flexibility index (Phi) is 2.87. The molecule has 0 spiro atoms. The first-order valence-corrected chi connectivity index (χ1v) is 4.76. The summed E-state index contributed by atoms with van der Waals surface area (Å²) >= 11 is 0. The minimum atomic E-state index is -0.696. The highest BCUT2D eigenvalue weighted by Crippen LogP contribution is 2.10. The van der Waals surface area contributed by atoms with Crippen molar-refractivity contribution in [3.8, 4) is 0 Å². The van der Waals surface area contributed by atoms with Gasteiger partial charge in [0, 0.05) is 12.1 Å². The van der Waals surface area contributed by atoms with Gasteiger partial charge < -0.3 is 0 Å². The Hall–Kier alpha value is -2.97. The van der Waals surface area contributed by atoms with Crippen LogP contribution in [0.2, 0.25) is 0 Å². The van der Waals surface area contributed by atoms with Crippen LogP contribution in [0.1, 0.15) is 5.56 Å². The molecule has 92 valence electrons. The predicted octanol–water partition coefficient (Wildman–Crippen LogP) is -0.345. The standard InChI is InChI=1S/C9H7N5O4/c15-8-11-12-9(16)13(8)10-5-6-1-3-7(4-2-6)14(17)18/h1-5H,(H,11,15)(H,12,16)/b10-5+. The van der Waals surface area contributed by atoms with Crippen LogP contribution in [-0.4, -0.2) is 26.0 Å². The van der Waals surface area contributed by atoms with Crippen LogP contribution < -0.4 is 11.4 Å². The molecule has 1 aromatic heterocycles. The van der Waals surface area contributed by atoms with Gasteiger partial charge >= 0.3 is 11.4 Å². The fourth-order valence-electron chi connectivity index (χ4n) is 1.22. The molecule has 0 aliphatic carbocycles. The van der Waals surface area contributed by atoms with E-state index in [0.29, 0.717) is 10.2 Å². The first kappa shape index (κ1) is 11.5. The lowest BCUT2D eigenvalue weighted by atomic mass is 10.2. The number of non-ortho nitro benzene ring substituents is 1. The van der Waals surface area contributed by atoms with Crippen LogP contribution in [-0.2, 0) is 0 Å². The molecule has 0 aliphatic heterocycles. The summed E-state index contributed by atoms with van der Waals surface area (Å²) in [6.07, 6.45) is 1.24. The zero-order valence-corrected chi connectivity index (χ0v) is 8.86. The lowest BCUT2D eigenvalue weighted by Crippen LogP contribution is -2.22. The van der Waals surface area contributed by atoms with Crippen LogP contribution in [0, 0.1) is 10.1 Å². The molecule has 2 aromatic rings. The summed E-state index contributed by atoms with van der Waals surface area (Å²) < 4.78 is 0.599. The topological polar surface area (TPSA) is 126 Å². The van der Waals surface area contributed by atoms with Crippen molar-refractivity contribution in [3.05, 3.63) is 60.9 Å². The zero-order chi connectivity index (χ0) is 13.1. The number of rotatable bonds is 3. The number of hydrogen-bond acceptors (Lipinski definition) is 5. The van der Waals surface area contributed by atoms with Gasteiger partial charge in [-0.25, -0.2) is 19.8 Å². The number of nitro benzene ring substituents is 1. The van der Waals surface area contributed by atoms with Gasteiger partial charge in [0.15, 0.2) is 0 Å². The minimum absolute atomic E-state index is 0.0520. The second-order valence-electron chi connectivity index (χ2n) is 3.27. The van der Waals surface area contributed by atoms with Crippen LogP contribution in [0.5, 0.6) is 0 Å². The zero-order valence-electron chi connectivity index (χ0n) is 8.86. The Balaban J connectivity index is 2.27. The first-order valence-electron chi connectivity index (χ1n) is 4.76. The lowest BCUT2D eigenvalue weighted by Gasteiger charge is -1.92. The van der Waals surface area contributed by atoms with E-state index >= 15 is 0 Å². The Bertz CT molecular complexity index is 678. The monoisotopic (exact) mass is 249 g/mol. The minimum Gasteiger partial charge on any atom is -0.258 e. The number of nitro groups is 1. The molecule has 0 unspecified atom stereocenters. The molecule has 9 heteroatoms. The number of aromatic nitrogens is 3. The van der Waals surface area contributed by atoms with Gasteiger partial charge in [-0.15, -0.1) is 4.68 Å². The van der Waals surface area contributed by atoms with E-state index in [1.165, 1.54) is 30.5 Å². The smallest absolute Gasteiger partial charge is 0.258 e. The quantitative estimate of drug-likeness (QED) is 0.438. The summed E-state index contributed by atoms with van der Waals surface area (Å²) in [6, 6.07) is 5.50. The number of aromatic amines is 2. The first-order chi connectivity index (χ1) is 8.58. The fourth-order valence-corrected chi connectivity index (χ4v) is 1.22. The van der Waals surface area contributed by atoms with E-state index in [1.54, 1.807) is 0 Å². The van der Waals surface area contributed by atoms with Crippen LogP contribution in [0.15, 0.2) is 39.0 Å². The SMILES string of the molecule is O=c1[nH][nH]c(=O)n1/N=C/c1ccc([N+](=O)[O-])cc1. The van der Waals surface area contributed by atoms with E-state index in [-0.39, 0.29) is 5.69 Å². The van der Waals surface area contributed by atoms with Gasteiger partial charge in [-0.05, 0) is 17.7 Å². The van der Waals surface area contributed by atoms with E-state index in [2.05, 4.69) is 15.3 Å². The van der Waals surface area contributed by atoms with Gasteiger partial charge in [-0.2, -0.15) is 5.10 Å². The van der Waals surface area contributed by atoms with E-state index in [4.69, 9.17) is 0 Å². The molecule has 2 rings (SSSR count). The van der Waals surface area contributed by atoms with E-state index in [9.17, 15) is 19.7 Å². The largest absolute Gasteiger partial charge is 0.365 e. The third-order valence-corrected chi connectivity index (χ3v) is 2.09. The van der Waals surface area contributed by atoms with Crippen LogP contribution >= 0.6 is 0 Å². The van der Waals surface area contributed by atoms with Crippen molar-refractivity contribution in [3.63, 3.8) is 0 Å². The molecule has 0 amide bonds. The molecule has 0 bridgehead atoms. The Morgan fingerprint density at radius 2 is 1.72 bits per heavy atom. The van der Waals surface area contributed by atoms with Crippen molar-refractivity contribution in [2.45, 2.75) is 0 Å². The molecule has 0 saturated heterocycles. The van der Waals surface area contributed by atoms with Gasteiger partial charge in [0.25, 0.3) is 5.69 Å². The summed E-state index contributed by atoms with van der Waals surface area (Å²) in [5, 5.41) is 18.2. The fraction of sp³-hybridized carbons (Fsp3) is 0. The highest BCUT2D eigenvalue weighted by Gasteiger charge is 2.03. The van der Waals surface area contributed by atoms with Gasteiger partial charge in [0.2, 0.25) is 0 Å². The van der Waals surface area contributed by atoms with E-state index < -0.39 is 16.3 Å². The average molecular weight is 249 g/mol. The van der Waals surface area contributed by atoms with Crippen molar-refractivity contribution in [1.29, 1.82) is 0 Å². The second kappa shape index (κ2) is 4.49. The molecule has 1 aromatic carbocycles. The van der Waals surface area contributed by atoms with Gasteiger partial charge in [0.05, 0.1) is 11.1 Å². The second-order valence-corrected chi connectivity index (χ2v) is 3.27. The van der Waals surface area contributed by atoms with Gasteiger partial charge in [-0.3, -0.25) is 10.1 Å². The summed E-state index contributed by atoms with van der Waals surface area (Å²) in [4.78, 5) is 32.1. The molecule has 1 heterocycles. The van der Waals surface area contributed by atoms with Crippen LogP contribution in [0.3, 0.4) is 0 Å². The third-order valence-electron chi connectivity index (χ3n) is 2.09. The van der Waals surface area contributed by atoms with Gasteiger partial charge in [0.1, 0.15) is 0 Å². The highest BCUT2D eigenvalue weighted by molar-refractivity contribution is 5.79. The molecule has 0 aliphatic rings. The Labute approximate surface area is 98.5 Å². The lowest BCUT2D eigenvalue weighted by molar-refractivity contribution is -0.384. The number of H-pyrrole nitrogens is 2. The number of nitrogens with one attached hydrogen (secondary N) is 2. The Morgan fingerprint density at radius 1 is 1.17 bits per heavy atom. The Morgan fingerprint density at radius 3 is 2.22 bits per heavy atom. The van der Waals surface area contributed by atoms with Crippen LogP contribution in [0.4, 0.5) is 5.69 Å². The molecular formula is C9H7N5O4. The van der Waals surface area contributed by atoms with Crippen LogP contribution in [0.25, 0.3) is 0 Å². The highest BCUT2D eigenvalue weighted by atomic mass is 16.6. The average Bonchev–Trinajstić information content (AvgIpc) is 2.67. The number of benzene rings is 1. The van der Waals surface area contributed by atoms with Crippen molar-refractivity contribution in [1.82, 2.24) is 14.9 Å². The summed E-state index contributed by atoms with van der Waals surface area (Å²) in [5.74, 6) is 0. The van der Waals surface area contributed by atoms with E-state index in [0.717, 1.165) is 0 Å². The van der Waals surface area contributed by atoms with Crippen molar-refractivity contribution < 1.29 is 4.92 Å². The maximum Gasteiger partial charge on any atom is 0.365 e. The molecule has 0 radical (unpaired) electrons. The maximum atomic E-state index is 11.1. The molecule has 18 heavy (non-hydrogen) atoms. The predicted molar refractivity (Wildman–Crippen MR) is 61.8 cm³/mol. The van der Waals surface area contributed by atoms with Crippen molar-refractivity contribution >= 4 is 11.9 Å². The number of nitrogens with zero attached hydrogens (tertiary/aromatic N) is 3. The van der Waals surface area contributed by atoms with Crippen molar-refractivity contribution in [2.24, 2.45) is 5.10 Å². The molecule has 2 N–H and O–H groups in total.